The van der Waals surface area contributed by atoms with E-state index in [-0.39, 0.29) is 0 Å². The Balaban J connectivity index is 1.93. The van der Waals surface area contributed by atoms with E-state index in [1.807, 2.05) is 0 Å². The first-order valence-electron chi connectivity index (χ1n) is 6.66. The Labute approximate surface area is 109 Å². The fourth-order valence-corrected chi connectivity index (χ4v) is 2.72. The second-order valence-corrected chi connectivity index (χ2v) is 5.16. The van der Waals surface area contributed by atoms with Gasteiger partial charge in [-0.2, -0.15) is 0 Å². The fourth-order valence-electron chi connectivity index (χ4n) is 2.72. The first-order valence-corrected chi connectivity index (χ1v) is 6.66. The molecule has 3 rings (SSSR count). The summed E-state index contributed by atoms with van der Waals surface area (Å²) >= 11 is 0. The van der Waals surface area contributed by atoms with Crippen molar-refractivity contribution in [3.8, 4) is 11.1 Å². The van der Waals surface area contributed by atoms with Gasteiger partial charge in [-0.1, -0.05) is 49.4 Å². The number of fused-ring (bicyclic) bond motifs is 3. The highest BCUT2D eigenvalue weighted by molar-refractivity contribution is 5.76. The van der Waals surface area contributed by atoms with Gasteiger partial charge in [0.2, 0.25) is 0 Å². The third-order valence-corrected chi connectivity index (χ3v) is 3.85. The molecule has 0 N–H and O–H groups in total. The molecule has 0 spiro atoms. The molecule has 0 unspecified atom stereocenters. The Hall–Kier alpha value is -1.60. The van der Waals surface area contributed by atoms with Crippen LogP contribution >= 0.6 is 0 Å². The van der Waals surface area contributed by atoms with Crippen molar-refractivity contribution in [1.82, 2.24) is 4.90 Å². The van der Waals surface area contributed by atoms with Crippen LogP contribution in [-0.4, -0.2) is 18.5 Å². The summed E-state index contributed by atoms with van der Waals surface area (Å²) in [5.41, 5.74) is 7.22. The zero-order chi connectivity index (χ0) is 12.5. The molecule has 0 saturated carbocycles. The summed E-state index contributed by atoms with van der Waals surface area (Å²) in [6, 6.07) is 15.7. The van der Waals surface area contributed by atoms with Gasteiger partial charge in [-0.25, -0.2) is 0 Å². The molecule has 0 heterocycles. The molecule has 2 aromatic rings. The highest BCUT2D eigenvalue weighted by atomic mass is 15.1. The zero-order valence-electron chi connectivity index (χ0n) is 11.1. The Bertz CT molecular complexity index is 572. The smallest absolute Gasteiger partial charge is 0.0230 e. The maximum Gasteiger partial charge on any atom is 0.0230 e. The molecule has 0 aromatic heterocycles. The van der Waals surface area contributed by atoms with E-state index in [1.54, 1.807) is 0 Å². The lowest BCUT2D eigenvalue weighted by atomic mass is 10.0. The Morgan fingerprint density at radius 1 is 1.00 bits per heavy atom. The summed E-state index contributed by atoms with van der Waals surface area (Å²) in [6.07, 6.45) is 1.09. The molecule has 1 aliphatic carbocycles. The first-order chi connectivity index (χ1) is 8.78. The van der Waals surface area contributed by atoms with Gasteiger partial charge in [0.15, 0.2) is 0 Å². The quantitative estimate of drug-likeness (QED) is 0.671. The average molecular weight is 237 g/mol. The molecule has 0 aliphatic heterocycles. The lowest BCUT2D eigenvalue weighted by molar-refractivity contribution is 0.345. The molecule has 0 bridgehead atoms. The molecule has 2 aromatic carbocycles. The lowest BCUT2D eigenvalue weighted by Gasteiger charge is -2.14. The van der Waals surface area contributed by atoms with Gasteiger partial charge >= 0.3 is 0 Å². The van der Waals surface area contributed by atoms with Crippen molar-refractivity contribution in [1.29, 1.82) is 0 Å². The molecule has 1 nitrogen and oxygen atoms in total. The van der Waals surface area contributed by atoms with Crippen molar-refractivity contribution in [3.05, 3.63) is 59.2 Å². The fraction of sp³-hybridized carbons (Fsp3) is 0.294. The van der Waals surface area contributed by atoms with Crippen molar-refractivity contribution < 1.29 is 0 Å². The van der Waals surface area contributed by atoms with Crippen LogP contribution in [0.1, 0.15) is 23.6 Å². The summed E-state index contributed by atoms with van der Waals surface area (Å²) in [7, 11) is 2.17. The maximum atomic E-state index is 2.38. The number of nitrogens with zero attached hydrogens (tertiary/aromatic N) is 1. The maximum absolute atomic E-state index is 2.38. The van der Waals surface area contributed by atoms with Crippen molar-refractivity contribution in [2.45, 2.75) is 19.9 Å². The largest absolute Gasteiger partial charge is 0.302 e. The van der Waals surface area contributed by atoms with E-state index in [0.29, 0.717) is 0 Å². The normalized spacial score (nSPS) is 12.6. The molecule has 0 saturated heterocycles. The van der Waals surface area contributed by atoms with Gasteiger partial charge in [-0.15, -0.1) is 0 Å². The number of hydrogen-bond acceptors (Lipinski definition) is 1. The number of hydrogen-bond donors (Lipinski definition) is 0. The standard InChI is InChI=1S/C17H19N/c1-3-18(2)12-13-8-9-17-15(10-13)11-14-6-4-5-7-16(14)17/h4-10H,3,11-12H2,1-2H3. The minimum Gasteiger partial charge on any atom is -0.302 e. The van der Waals surface area contributed by atoms with Crippen LogP contribution in [0, 0.1) is 0 Å². The van der Waals surface area contributed by atoms with E-state index >= 15 is 0 Å². The molecular formula is C17H19N. The predicted molar refractivity (Wildman–Crippen MR) is 76.7 cm³/mol. The molecule has 18 heavy (non-hydrogen) atoms. The van der Waals surface area contributed by atoms with Crippen LogP contribution in [0.3, 0.4) is 0 Å². The van der Waals surface area contributed by atoms with Crippen LogP contribution in [0.4, 0.5) is 0 Å². The first kappa shape index (κ1) is 11.5. The van der Waals surface area contributed by atoms with E-state index < -0.39 is 0 Å². The van der Waals surface area contributed by atoms with Gasteiger partial charge in [0.05, 0.1) is 0 Å². The highest BCUT2D eigenvalue weighted by Gasteiger charge is 2.17. The Morgan fingerprint density at radius 3 is 2.61 bits per heavy atom. The van der Waals surface area contributed by atoms with Crippen LogP contribution in [0.15, 0.2) is 42.5 Å². The molecule has 1 aliphatic rings. The minimum atomic E-state index is 1.04. The lowest BCUT2D eigenvalue weighted by Crippen LogP contribution is -2.16. The third kappa shape index (κ3) is 1.95. The number of rotatable bonds is 3. The van der Waals surface area contributed by atoms with Crippen LogP contribution in [0.5, 0.6) is 0 Å². The molecule has 1 heteroatoms. The average Bonchev–Trinajstić information content (AvgIpc) is 2.76. The summed E-state index contributed by atoms with van der Waals surface area (Å²) in [4.78, 5) is 2.34. The van der Waals surface area contributed by atoms with E-state index in [0.717, 1.165) is 19.5 Å². The van der Waals surface area contributed by atoms with Crippen molar-refractivity contribution in [2.24, 2.45) is 0 Å². The monoisotopic (exact) mass is 237 g/mol. The summed E-state index contributed by atoms with van der Waals surface area (Å²) in [5.74, 6) is 0. The molecule has 0 fully saturated rings. The van der Waals surface area contributed by atoms with Crippen molar-refractivity contribution >= 4 is 0 Å². The second-order valence-electron chi connectivity index (χ2n) is 5.16. The molecule has 0 atom stereocenters. The SMILES string of the molecule is CCN(C)Cc1ccc2c(c1)Cc1ccccc1-2. The Kier molecular flexibility index (Phi) is 2.92. The summed E-state index contributed by atoms with van der Waals surface area (Å²) in [5, 5.41) is 0. The van der Waals surface area contributed by atoms with Crippen LogP contribution in [-0.2, 0) is 13.0 Å². The van der Waals surface area contributed by atoms with Gasteiger partial charge < -0.3 is 4.90 Å². The van der Waals surface area contributed by atoms with Crippen LogP contribution in [0.2, 0.25) is 0 Å². The summed E-state index contributed by atoms with van der Waals surface area (Å²) < 4.78 is 0. The van der Waals surface area contributed by atoms with Gasteiger partial charge in [-0.05, 0) is 47.8 Å². The topological polar surface area (TPSA) is 3.24 Å². The van der Waals surface area contributed by atoms with E-state index in [1.165, 1.54) is 27.8 Å². The third-order valence-electron chi connectivity index (χ3n) is 3.85. The van der Waals surface area contributed by atoms with Gasteiger partial charge in [0.1, 0.15) is 0 Å². The zero-order valence-corrected chi connectivity index (χ0v) is 11.1. The molecule has 0 radical (unpaired) electrons. The van der Waals surface area contributed by atoms with E-state index in [4.69, 9.17) is 0 Å². The van der Waals surface area contributed by atoms with E-state index in [2.05, 4.69) is 61.3 Å². The van der Waals surface area contributed by atoms with Gasteiger partial charge in [0, 0.05) is 6.54 Å². The molecule has 0 amide bonds. The minimum absolute atomic E-state index is 1.04. The van der Waals surface area contributed by atoms with Crippen molar-refractivity contribution in [2.75, 3.05) is 13.6 Å². The predicted octanol–water partition coefficient (Wildman–Crippen LogP) is 3.71. The van der Waals surface area contributed by atoms with Crippen molar-refractivity contribution in [3.63, 3.8) is 0 Å². The van der Waals surface area contributed by atoms with Gasteiger partial charge in [0.25, 0.3) is 0 Å². The number of benzene rings is 2. The summed E-state index contributed by atoms with van der Waals surface area (Å²) in [6.45, 7) is 4.33. The van der Waals surface area contributed by atoms with Crippen LogP contribution in [0.25, 0.3) is 11.1 Å². The Morgan fingerprint density at radius 2 is 1.78 bits per heavy atom. The van der Waals surface area contributed by atoms with E-state index in [9.17, 15) is 0 Å². The molecule has 92 valence electrons. The van der Waals surface area contributed by atoms with Gasteiger partial charge in [-0.3, -0.25) is 0 Å². The van der Waals surface area contributed by atoms with Crippen LogP contribution < -0.4 is 0 Å². The second kappa shape index (κ2) is 4.58. The highest BCUT2D eigenvalue weighted by Crippen LogP contribution is 2.36. The molecular weight excluding hydrogens is 218 g/mol.